The summed E-state index contributed by atoms with van der Waals surface area (Å²) in [6.45, 7) is 4.32. The molecule has 2 aromatic carbocycles. The first-order valence-electron chi connectivity index (χ1n) is 10.0. The van der Waals surface area contributed by atoms with Gasteiger partial charge in [0.2, 0.25) is 0 Å². The number of rotatable bonds is 5. The van der Waals surface area contributed by atoms with E-state index >= 15 is 0 Å². The van der Waals surface area contributed by atoms with Gasteiger partial charge in [-0.05, 0) is 30.2 Å². The summed E-state index contributed by atoms with van der Waals surface area (Å²) in [4.78, 5) is 27.2. The summed E-state index contributed by atoms with van der Waals surface area (Å²) in [6.07, 6.45) is 0. The first-order valence-corrected chi connectivity index (χ1v) is 10.0. The van der Waals surface area contributed by atoms with E-state index in [1.807, 2.05) is 54.6 Å². The summed E-state index contributed by atoms with van der Waals surface area (Å²) < 4.78 is 11.3. The third-order valence-electron chi connectivity index (χ3n) is 5.24. The van der Waals surface area contributed by atoms with Crippen LogP contribution in [0.1, 0.15) is 24.1 Å². The van der Waals surface area contributed by atoms with Gasteiger partial charge in [-0.3, -0.25) is 4.79 Å². The van der Waals surface area contributed by atoms with Crippen molar-refractivity contribution in [2.24, 2.45) is 0 Å². The topological polar surface area (TPSA) is 79.9 Å². The number of allylic oxidation sites excluding steroid dienone is 1. The molecule has 30 heavy (non-hydrogen) atoms. The molecule has 0 unspecified atom stereocenters. The minimum Gasteiger partial charge on any atom is -0.489 e. The lowest BCUT2D eigenvalue weighted by Crippen LogP contribution is -2.49. The van der Waals surface area contributed by atoms with E-state index in [2.05, 4.69) is 10.6 Å². The van der Waals surface area contributed by atoms with Crippen molar-refractivity contribution in [1.29, 1.82) is 0 Å². The number of ether oxygens (including phenoxy) is 2. The number of nitrogens with one attached hydrogen (secondary N) is 2. The van der Waals surface area contributed by atoms with Crippen LogP contribution in [-0.4, -0.2) is 43.1 Å². The Hall–Kier alpha value is -3.32. The molecule has 2 aliphatic heterocycles. The Kier molecular flexibility index (Phi) is 5.99. The van der Waals surface area contributed by atoms with Crippen molar-refractivity contribution in [1.82, 2.24) is 15.5 Å². The summed E-state index contributed by atoms with van der Waals surface area (Å²) >= 11 is 0. The molecule has 0 aliphatic carbocycles. The fraction of sp³-hybridized carbons (Fsp3) is 0.304. The van der Waals surface area contributed by atoms with Crippen LogP contribution in [0.3, 0.4) is 0 Å². The monoisotopic (exact) mass is 407 g/mol. The number of amides is 3. The molecular weight excluding hydrogens is 382 g/mol. The van der Waals surface area contributed by atoms with Gasteiger partial charge in [0.05, 0.1) is 24.8 Å². The molecule has 0 saturated carbocycles. The van der Waals surface area contributed by atoms with E-state index < -0.39 is 6.04 Å². The van der Waals surface area contributed by atoms with Crippen molar-refractivity contribution in [3.63, 3.8) is 0 Å². The molecule has 0 spiro atoms. The molecule has 1 saturated heterocycles. The first-order chi connectivity index (χ1) is 14.6. The van der Waals surface area contributed by atoms with Crippen molar-refractivity contribution < 1.29 is 19.1 Å². The van der Waals surface area contributed by atoms with Crippen LogP contribution >= 0.6 is 0 Å². The largest absolute Gasteiger partial charge is 0.489 e. The second kappa shape index (κ2) is 9.00. The third kappa shape index (κ3) is 4.46. The van der Waals surface area contributed by atoms with E-state index in [0.717, 1.165) is 11.1 Å². The molecule has 1 fully saturated rings. The van der Waals surface area contributed by atoms with Gasteiger partial charge in [-0.2, -0.15) is 0 Å². The van der Waals surface area contributed by atoms with Crippen LogP contribution in [0.5, 0.6) is 5.75 Å². The summed E-state index contributed by atoms with van der Waals surface area (Å²) in [5, 5.41) is 5.62. The molecule has 1 atom stereocenters. The second-order valence-corrected chi connectivity index (χ2v) is 7.32. The Morgan fingerprint density at radius 1 is 1.13 bits per heavy atom. The quantitative estimate of drug-likeness (QED) is 0.799. The molecule has 0 bridgehead atoms. The number of urea groups is 1. The zero-order chi connectivity index (χ0) is 20.9. The van der Waals surface area contributed by atoms with E-state index in [-0.39, 0.29) is 11.9 Å². The van der Waals surface area contributed by atoms with Gasteiger partial charge in [0.15, 0.2) is 0 Å². The highest BCUT2D eigenvalue weighted by molar-refractivity contribution is 5.98. The Morgan fingerprint density at radius 3 is 2.67 bits per heavy atom. The normalized spacial score (nSPS) is 19.2. The minimum atomic E-state index is -0.547. The molecule has 156 valence electrons. The maximum absolute atomic E-state index is 13.2. The van der Waals surface area contributed by atoms with Gasteiger partial charge < -0.3 is 25.0 Å². The number of morpholine rings is 1. The number of carbonyl (C=O) groups excluding carboxylic acids is 2. The van der Waals surface area contributed by atoms with Crippen LogP contribution in [0, 0.1) is 0 Å². The lowest BCUT2D eigenvalue weighted by atomic mass is 9.94. The molecule has 0 radical (unpaired) electrons. The summed E-state index contributed by atoms with van der Waals surface area (Å²) in [5.41, 5.74) is 2.97. The zero-order valence-electron chi connectivity index (χ0n) is 16.9. The molecule has 2 heterocycles. The fourth-order valence-corrected chi connectivity index (χ4v) is 3.69. The standard InChI is InChI=1S/C23H25N3O4/c1-16-20(22(27)26-10-12-29-13-11-26)21(25-23(28)24-16)18-8-5-9-19(14-18)30-15-17-6-3-2-4-7-17/h2-9,14,21H,10-13,15H2,1H3,(H2,24,25,28)/t21-/m1/s1. The number of hydrogen-bond donors (Lipinski definition) is 2. The van der Waals surface area contributed by atoms with Crippen LogP contribution in [0.2, 0.25) is 0 Å². The van der Waals surface area contributed by atoms with Crippen LogP contribution in [0.15, 0.2) is 65.9 Å². The maximum Gasteiger partial charge on any atom is 0.319 e. The average Bonchev–Trinajstić information content (AvgIpc) is 2.78. The number of nitrogens with zero attached hydrogens (tertiary/aromatic N) is 1. The third-order valence-corrected chi connectivity index (χ3v) is 5.24. The summed E-state index contributed by atoms with van der Waals surface area (Å²) in [5.74, 6) is 0.587. The van der Waals surface area contributed by atoms with Crippen LogP contribution in [-0.2, 0) is 16.1 Å². The van der Waals surface area contributed by atoms with Crippen LogP contribution in [0.25, 0.3) is 0 Å². The van der Waals surface area contributed by atoms with Crippen LogP contribution < -0.4 is 15.4 Å². The molecule has 2 N–H and O–H groups in total. The number of hydrogen-bond acceptors (Lipinski definition) is 4. The molecule has 2 aromatic rings. The van der Waals surface area contributed by atoms with Crippen molar-refractivity contribution in [2.45, 2.75) is 19.6 Å². The molecule has 4 rings (SSSR count). The van der Waals surface area contributed by atoms with Gasteiger partial charge in [0.25, 0.3) is 5.91 Å². The SMILES string of the molecule is CC1=C(C(=O)N2CCOCC2)[C@@H](c2cccc(OCc3ccccc3)c2)NC(=O)N1. The van der Waals surface area contributed by atoms with E-state index in [1.165, 1.54) is 0 Å². The fourth-order valence-electron chi connectivity index (χ4n) is 3.69. The van der Waals surface area contributed by atoms with Crippen molar-refractivity contribution in [3.8, 4) is 5.75 Å². The van der Waals surface area contributed by atoms with Crippen molar-refractivity contribution in [2.75, 3.05) is 26.3 Å². The summed E-state index contributed by atoms with van der Waals surface area (Å²) in [7, 11) is 0. The lowest BCUT2D eigenvalue weighted by Gasteiger charge is -2.34. The smallest absolute Gasteiger partial charge is 0.319 e. The molecule has 7 heteroatoms. The zero-order valence-corrected chi connectivity index (χ0v) is 16.9. The van der Waals surface area contributed by atoms with Crippen LogP contribution in [0.4, 0.5) is 4.79 Å². The Labute approximate surface area is 175 Å². The van der Waals surface area contributed by atoms with E-state index in [0.29, 0.717) is 49.9 Å². The Morgan fingerprint density at radius 2 is 1.90 bits per heavy atom. The van der Waals surface area contributed by atoms with Gasteiger partial charge in [-0.15, -0.1) is 0 Å². The molecule has 7 nitrogen and oxygen atoms in total. The number of carbonyl (C=O) groups is 2. The Balaban J connectivity index is 1.58. The van der Waals surface area contributed by atoms with Gasteiger partial charge >= 0.3 is 6.03 Å². The van der Waals surface area contributed by atoms with Gasteiger partial charge in [0, 0.05) is 18.8 Å². The van der Waals surface area contributed by atoms with E-state index in [1.54, 1.807) is 11.8 Å². The van der Waals surface area contributed by atoms with Gasteiger partial charge in [-0.25, -0.2) is 4.79 Å². The van der Waals surface area contributed by atoms with Gasteiger partial charge in [0.1, 0.15) is 12.4 Å². The molecule has 0 aromatic heterocycles. The second-order valence-electron chi connectivity index (χ2n) is 7.32. The molecule has 2 aliphatic rings. The molecular formula is C23H25N3O4. The van der Waals surface area contributed by atoms with Crippen molar-refractivity contribution in [3.05, 3.63) is 77.0 Å². The maximum atomic E-state index is 13.2. The molecule has 3 amide bonds. The highest BCUT2D eigenvalue weighted by atomic mass is 16.5. The predicted molar refractivity (Wildman–Crippen MR) is 112 cm³/mol. The van der Waals surface area contributed by atoms with Crippen molar-refractivity contribution >= 4 is 11.9 Å². The van der Waals surface area contributed by atoms with E-state index in [9.17, 15) is 9.59 Å². The number of benzene rings is 2. The highest BCUT2D eigenvalue weighted by Crippen LogP contribution is 2.30. The summed E-state index contributed by atoms with van der Waals surface area (Å²) in [6, 6.07) is 16.5. The highest BCUT2D eigenvalue weighted by Gasteiger charge is 2.34. The predicted octanol–water partition coefficient (Wildman–Crippen LogP) is 2.75. The first kappa shape index (κ1) is 20.0. The lowest BCUT2D eigenvalue weighted by molar-refractivity contribution is -0.131. The minimum absolute atomic E-state index is 0.0936. The van der Waals surface area contributed by atoms with Gasteiger partial charge in [-0.1, -0.05) is 42.5 Å². The van der Waals surface area contributed by atoms with E-state index in [4.69, 9.17) is 9.47 Å². The Bertz CT molecular complexity index is 952. The average molecular weight is 407 g/mol.